The van der Waals surface area contributed by atoms with Crippen LogP contribution in [-0.2, 0) is 4.74 Å². The highest BCUT2D eigenvalue weighted by molar-refractivity contribution is 5.38. The molecule has 0 atom stereocenters. The Kier molecular flexibility index (Phi) is 4.95. The molecule has 0 amide bonds. The molecule has 2 aromatic heterocycles. The van der Waals surface area contributed by atoms with Crippen LogP contribution < -0.4 is 16.2 Å². The lowest BCUT2D eigenvalue weighted by Gasteiger charge is -2.18. The molecule has 2 rings (SSSR count). The highest BCUT2D eigenvalue weighted by Gasteiger charge is 2.11. The Morgan fingerprint density at radius 1 is 1.38 bits per heavy atom. The van der Waals surface area contributed by atoms with Crippen molar-refractivity contribution in [1.29, 1.82) is 0 Å². The van der Waals surface area contributed by atoms with E-state index in [4.69, 9.17) is 10.6 Å². The maximum absolute atomic E-state index is 5.51. The smallest absolute Gasteiger partial charge is 0.258 e. The summed E-state index contributed by atoms with van der Waals surface area (Å²) < 4.78 is 6.95. The van der Waals surface area contributed by atoms with E-state index in [1.807, 2.05) is 25.8 Å². The van der Waals surface area contributed by atoms with Crippen LogP contribution in [-0.4, -0.2) is 56.0 Å². The van der Waals surface area contributed by atoms with Crippen molar-refractivity contribution < 1.29 is 4.74 Å². The number of rotatable bonds is 7. The Morgan fingerprint density at radius 2 is 2.19 bits per heavy atom. The lowest BCUT2D eigenvalue weighted by atomic mass is 10.5. The molecule has 0 aliphatic rings. The predicted molar refractivity (Wildman–Crippen MR) is 76.9 cm³/mol. The zero-order chi connectivity index (χ0) is 15.2. The van der Waals surface area contributed by atoms with Gasteiger partial charge in [0.1, 0.15) is 12.7 Å². The fourth-order valence-electron chi connectivity index (χ4n) is 1.53. The van der Waals surface area contributed by atoms with E-state index < -0.39 is 0 Å². The van der Waals surface area contributed by atoms with Gasteiger partial charge in [0.25, 0.3) is 5.95 Å². The molecule has 0 spiro atoms. The van der Waals surface area contributed by atoms with Crippen molar-refractivity contribution in [2.75, 3.05) is 30.5 Å². The van der Waals surface area contributed by atoms with Crippen molar-refractivity contribution in [1.82, 2.24) is 29.7 Å². The van der Waals surface area contributed by atoms with Crippen LogP contribution in [0.5, 0.6) is 0 Å². The molecule has 0 aliphatic heterocycles. The standard InChI is InChI=1S/C11H19N9O/c1-8(2)21-5-4-19(3)10-15-9(18-12)16-11(17-10)20-7-13-6-14-20/h6-8H,4-5,12H2,1-3H3,(H,15,16,17,18). The molecular formula is C11H19N9O. The molecule has 0 bridgehead atoms. The monoisotopic (exact) mass is 293 g/mol. The van der Waals surface area contributed by atoms with Crippen molar-refractivity contribution in [2.45, 2.75) is 20.0 Å². The van der Waals surface area contributed by atoms with Crippen LogP contribution in [0.25, 0.3) is 5.95 Å². The van der Waals surface area contributed by atoms with Crippen molar-refractivity contribution in [3.8, 4) is 5.95 Å². The number of ether oxygens (including phenoxy) is 1. The van der Waals surface area contributed by atoms with E-state index >= 15 is 0 Å². The zero-order valence-electron chi connectivity index (χ0n) is 12.3. The van der Waals surface area contributed by atoms with Crippen molar-refractivity contribution in [3.05, 3.63) is 12.7 Å². The lowest BCUT2D eigenvalue weighted by molar-refractivity contribution is 0.0844. The normalized spacial score (nSPS) is 10.9. The second-order valence-corrected chi connectivity index (χ2v) is 4.58. The Bertz CT molecular complexity index is 557. The predicted octanol–water partition coefficient (Wildman–Crippen LogP) is -0.401. The number of hydrogen-bond donors (Lipinski definition) is 2. The van der Waals surface area contributed by atoms with E-state index in [1.165, 1.54) is 17.3 Å². The molecule has 0 fully saturated rings. The summed E-state index contributed by atoms with van der Waals surface area (Å²) in [5.74, 6) is 6.45. The largest absolute Gasteiger partial charge is 0.377 e. The first kappa shape index (κ1) is 15.1. The topological polar surface area (TPSA) is 120 Å². The molecule has 21 heavy (non-hydrogen) atoms. The van der Waals surface area contributed by atoms with Crippen LogP contribution in [0.3, 0.4) is 0 Å². The first-order chi connectivity index (χ1) is 10.1. The van der Waals surface area contributed by atoms with Crippen molar-refractivity contribution in [3.63, 3.8) is 0 Å². The highest BCUT2D eigenvalue weighted by Crippen LogP contribution is 2.10. The van der Waals surface area contributed by atoms with Gasteiger partial charge < -0.3 is 9.64 Å². The van der Waals surface area contributed by atoms with Gasteiger partial charge in [0.05, 0.1) is 12.7 Å². The summed E-state index contributed by atoms with van der Waals surface area (Å²) in [4.78, 5) is 18.4. The molecule has 0 radical (unpaired) electrons. The molecule has 0 saturated carbocycles. The van der Waals surface area contributed by atoms with E-state index in [1.54, 1.807) is 0 Å². The van der Waals surface area contributed by atoms with Crippen LogP contribution in [0.1, 0.15) is 13.8 Å². The summed E-state index contributed by atoms with van der Waals surface area (Å²) in [6.07, 6.45) is 3.09. The number of nitrogens with zero attached hydrogens (tertiary/aromatic N) is 7. The Morgan fingerprint density at radius 3 is 2.81 bits per heavy atom. The van der Waals surface area contributed by atoms with Gasteiger partial charge in [0.15, 0.2) is 0 Å². The molecule has 0 aliphatic carbocycles. The number of hydrogen-bond acceptors (Lipinski definition) is 9. The molecule has 3 N–H and O–H groups in total. The first-order valence-corrected chi connectivity index (χ1v) is 6.50. The number of hydrazine groups is 1. The minimum absolute atomic E-state index is 0.184. The number of nitrogens with two attached hydrogens (primary N) is 1. The maximum Gasteiger partial charge on any atom is 0.258 e. The third-order valence-electron chi connectivity index (χ3n) is 2.58. The van der Waals surface area contributed by atoms with Crippen LogP contribution >= 0.6 is 0 Å². The zero-order valence-corrected chi connectivity index (χ0v) is 12.3. The minimum Gasteiger partial charge on any atom is -0.377 e. The summed E-state index contributed by atoms with van der Waals surface area (Å²) in [7, 11) is 1.87. The lowest BCUT2D eigenvalue weighted by Crippen LogP contribution is -2.27. The quantitative estimate of drug-likeness (QED) is 0.518. The van der Waals surface area contributed by atoms with E-state index in [0.717, 1.165) is 0 Å². The Balaban J connectivity index is 2.16. The fraction of sp³-hybridized carbons (Fsp3) is 0.545. The van der Waals surface area contributed by atoms with Gasteiger partial charge in [-0.15, -0.1) is 0 Å². The van der Waals surface area contributed by atoms with Crippen LogP contribution in [0.4, 0.5) is 11.9 Å². The third-order valence-corrected chi connectivity index (χ3v) is 2.58. The number of nitrogens with one attached hydrogen (secondary N) is 1. The molecular weight excluding hydrogens is 274 g/mol. The molecule has 0 saturated heterocycles. The minimum atomic E-state index is 0.184. The van der Waals surface area contributed by atoms with Gasteiger partial charge in [-0.25, -0.2) is 10.8 Å². The highest BCUT2D eigenvalue weighted by atomic mass is 16.5. The Labute approximate surface area is 122 Å². The molecule has 10 nitrogen and oxygen atoms in total. The number of aromatic nitrogens is 6. The Hall–Kier alpha value is -2.33. The maximum atomic E-state index is 5.51. The van der Waals surface area contributed by atoms with Crippen LogP contribution in [0.2, 0.25) is 0 Å². The summed E-state index contributed by atoms with van der Waals surface area (Å²) >= 11 is 0. The first-order valence-electron chi connectivity index (χ1n) is 6.50. The average molecular weight is 293 g/mol. The molecule has 0 aromatic carbocycles. The summed E-state index contributed by atoms with van der Waals surface area (Å²) in [5.41, 5.74) is 2.42. The average Bonchev–Trinajstić information content (AvgIpc) is 3.00. The number of anilines is 2. The van der Waals surface area contributed by atoms with Crippen LogP contribution in [0, 0.1) is 0 Å². The number of likely N-dealkylation sites (N-methyl/N-ethyl adjacent to an activating group) is 1. The summed E-state index contributed by atoms with van der Waals surface area (Å²) in [6.45, 7) is 5.19. The van der Waals surface area contributed by atoms with Gasteiger partial charge in [-0.1, -0.05) is 0 Å². The second kappa shape index (κ2) is 6.90. The molecule has 2 heterocycles. The molecule has 2 aromatic rings. The summed E-state index contributed by atoms with van der Waals surface area (Å²) in [5, 5.41) is 3.99. The van der Waals surface area contributed by atoms with Crippen molar-refractivity contribution >= 4 is 11.9 Å². The third kappa shape index (κ3) is 4.07. The fourth-order valence-corrected chi connectivity index (χ4v) is 1.53. The van der Waals surface area contributed by atoms with Crippen molar-refractivity contribution in [2.24, 2.45) is 5.84 Å². The van der Waals surface area contributed by atoms with Gasteiger partial charge in [0, 0.05) is 13.6 Å². The van der Waals surface area contributed by atoms with Gasteiger partial charge in [-0.3, -0.25) is 5.43 Å². The SMILES string of the molecule is CC(C)OCCN(C)c1nc(NN)nc(-n2cncn2)n1. The van der Waals surface area contributed by atoms with Crippen LogP contribution in [0.15, 0.2) is 12.7 Å². The molecule has 114 valence electrons. The van der Waals surface area contributed by atoms with Gasteiger partial charge in [-0.05, 0) is 13.8 Å². The van der Waals surface area contributed by atoms with E-state index in [2.05, 4.69) is 30.5 Å². The second-order valence-electron chi connectivity index (χ2n) is 4.58. The number of nitrogen functional groups attached to an aromatic ring is 1. The van der Waals surface area contributed by atoms with Gasteiger partial charge >= 0.3 is 0 Å². The van der Waals surface area contributed by atoms with E-state index in [-0.39, 0.29) is 12.1 Å². The van der Waals surface area contributed by atoms with E-state index in [9.17, 15) is 0 Å². The molecule has 10 heteroatoms. The van der Waals surface area contributed by atoms with E-state index in [0.29, 0.717) is 25.0 Å². The van der Waals surface area contributed by atoms with Gasteiger partial charge in [-0.2, -0.15) is 24.7 Å². The summed E-state index contributed by atoms with van der Waals surface area (Å²) in [6, 6.07) is 0. The molecule has 0 unspecified atom stereocenters. The van der Waals surface area contributed by atoms with Gasteiger partial charge in [0.2, 0.25) is 11.9 Å².